The summed E-state index contributed by atoms with van der Waals surface area (Å²) in [4.78, 5) is 0. The molecule has 0 radical (unpaired) electrons. The van der Waals surface area contributed by atoms with E-state index in [1.54, 1.807) is 12.1 Å². The maximum Gasteiger partial charge on any atom is 0.123 e. The van der Waals surface area contributed by atoms with Crippen molar-refractivity contribution in [2.24, 2.45) is 0 Å². The van der Waals surface area contributed by atoms with E-state index in [9.17, 15) is 4.39 Å². The molecule has 1 nitrogen and oxygen atoms in total. The molecule has 3 heteroatoms. The minimum Gasteiger partial charge on any atom is -0.314 e. The molecule has 0 saturated heterocycles. The van der Waals surface area contributed by atoms with Crippen molar-refractivity contribution < 1.29 is 4.39 Å². The van der Waals surface area contributed by atoms with Crippen LogP contribution in [0.15, 0.2) is 18.2 Å². The molecule has 1 aliphatic rings. The van der Waals surface area contributed by atoms with Gasteiger partial charge in [-0.3, -0.25) is 0 Å². The summed E-state index contributed by atoms with van der Waals surface area (Å²) in [6, 6.07) is 5.25. The molecule has 2 rings (SSSR count). The van der Waals surface area contributed by atoms with Gasteiger partial charge in [0.25, 0.3) is 0 Å². The Hall–Kier alpha value is -0.600. The Labute approximate surface area is 107 Å². The van der Waals surface area contributed by atoms with Gasteiger partial charge in [0.05, 0.1) is 0 Å². The standard InChI is InChI=1S/C14H19ClFN/c1-2-17-12-5-3-4-10(8-12)13-9-11(16)6-7-14(13)15/h6-7,9-10,12,17H,2-5,8H2,1H3. The van der Waals surface area contributed by atoms with Crippen molar-refractivity contribution >= 4 is 11.6 Å². The largest absolute Gasteiger partial charge is 0.314 e. The van der Waals surface area contributed by atoms with Crippen LogP contribution in [0.5, 0.6) is 0 Å². The molecular formula is C14H19ClFN. The smallest absolute Gasteiger partial charge is 0.123 e. The van der Waals surface area contributed by atoms with Gasteiger partial charge in [-0.25, -0.2) is 4.39 Å². The molecule has 0 bridgehead atoms. The van der Waals surface area contributed by atoms with Crippen LogP contribution in [0.25, 0.3) is 0 Å². The second kappa shape index (κ2) is 5.83. The topological polar surface area (TPSA) is 12.0 Å². The van der Waals surface area contributed by atoms with E-state index in [1.807, 2.05) is 0 Å². The normalized spacial score (nSPS) is 24.9. The van der Waals surface area contributed by atoms with Crippen LogP contribution in [-0.2, 0) is 0 Å². The fraction of sp³-hybridized carbons (Fsp3) is 0.571. The van der Waals surface area contributed by atoms with Crippen LogP contribution in [0.2, 0.25) is 5.02 Å². The Morgan fingerprint density at radius 1 is 1.41 bits per heavy atom. The predicted molar refractivity (Wildman–Crippen MR) is 70.1 cm³/mol. The summed E-state index contributed by atoms with van der Waals surface area (Å²) < 4.78 is 13.3. The third-order valence-corrected chi connectivity index (χ3v) is 3.91. The van der Waals surface area contributed by atoms with Crippen LogP contribution in [0, 0.1) is 5.82 Å². The Balaban J connectivity index is 2.13. The molecule has 94 valence electrons. The molecule has 1 aromatic carbocycles. The highest BCUT2D eigenvalue weighted by molar-refractivity contribution is 6.31. The number of nitrogens with one attached hydrogen (secondary N) is 1. The highest BCUT2D eigenvalue weighted by Gasteiger charge is 2.24. The van der Waals surface area contributed by atoms with Crippen LogP contribution in [0.3, 0.4) is 0 Å². The van der Waals surface area contributed by atoms with Crippen molar-refractivity contribution in [1.82, 2.24) is 5.32 Å². The second-order valence-corrected chi connectivity index (χ2v) is 5.19. The van der Waals surface area contributed by atoms with E-state index >= 15 is 0 Å². The van der Waals surface area contributed by atoms with E-state index in [0.717, 1.165) is 24.9 Å². The van der Waals surface area contributed by atoms with Crippen LogP contribution in [0.4, 0.5) is 4.39 Å². The van der Waals surface area contributed by atoms with Crippen molar-refractivity contribution in [3.05, 3.63) is 34.6 Å². The lowest BCUT2D eigenvalue weighted by molar-refractivity contribution is 0.344. The van der Waals surface area contributed by atoms with E-state index in [-0.39, 0.29) is 5.82 Å². The van der Waals surface area contributed by atoms with Crippen LogP contribution >= 0.6 is 11.6 Å². The minimum atomic E-state index is -0.185. The summed E-state index contributed by atoms with van der Waals surface area (Å²) in [5.74, 6) is 0.214. The lowest BCUT2D eigenvalue weighted by Crippen LogP contribution is -2.33. The Kier molecular flexibility index (Phi) is 4.41. The Morgan fingerprint density at radius 3 is 3.00 bits per heavy atom. The molecule has 1 fully saturated rings. The molecule has 0 heterocycles. The van der Waals surface area contributed by atoms with Crippen molar-refractivity contribution in [3.8, 4) is 0 Å². The first-order valence-corrected chi connectivity index (χ1v) is 6.76. The van der Waals surface area contributed by atoms with Gasteiger partial charge >= 0.3 is 0 Å². The second-order valence-electron chi connectivity index (χ2n) is 4.78. The summed E-state index contributed by atoms with van der Waals surface area (Å²) in [5, 5.41) is 4.18. The average Bonchev–Trinajstić information content (AvgIpc) is 2.33. The molecule has 1 aromatic rings. The first kappa shape index (κ1) is 12.8. The van der Waals surface area contributed by atoms with Gasteiger partial charge in [-0.1, -0.05) is 24.9 Å². The maximum atomic E-state index is 13.3. The van der Waals surface area contributed by atoms with Gasteiger partial charge < -0.3 is 5.32 Å². The van der Waals surface area contributed by atoms with E-state index in [2.05, 4.69) is 12.2 Å². The molecular weight excluding hydrogens is 237 g/mol. The fourth-order valence-corrected chi connectivity index (χ4v) is 3.05. The highest BCUT2D eigenvalue weighted by atomic mass is 35.5. The quantitative estimate of drug-likeness (QED) is 0.857. The van der Waals surface area contributed by atoms with Crippen molar-refractivity contribution in [1.29, 1.82) is 0 Å². The summed E-state index contributed by atoms with van der Waals surface area (Å²) >= 11 is 6.17. The molecule has 0 amide bonds. The molecule has 17 heavy (non-hydrogen) atoms. The zero-order valence-corrected chi connectivity index (χ0v) is 10.9. The fourth-order valence-electron chi connectivity index (χ4n) is 2.77. The molecule has 0 aromatic heterocycles. The number of hydrogen-bond acceptors (Lipinski definition) is 1. The van der Waals surface area contributed by atoms with E-state index in [0.29, 0.717) is 17.0 Å². The SMILES string of the molecule is CCNC1CCCC(c2cc(F)ccc2Cl)C1. The molecule has 1 saturated carbocycles. The van der Waals surface area contributed by atoms with Gasteiger partial charge in [-0.15, -0.1) is 0 Å². The Morgan fingerprint density at radius 2 is 2.24 bits per heavy atom. The molecule has 1 aliphatic carbocycles. The zero-order valence-electron chi connectivity index (χ0n) is 10.2. The molecule has 0 aliphatic heterocycles. The van der Waals surface area contributed by atoms with Crippen LogP contribution < -0.4 is 5.32 Å². The van der Waals surface area contributed by atoms with E-state index < -0.39 is 0 Å². The van der Waals surface area contributed by atoms with E-state index in [1.165, 1.54) is 18.9 Å². The number of benzene rings is 1. The van der Waals surface area contributed by atoms with E-state index in [4.69, 9.17) is 11.6 Å². The van der Waals surface area contributed by atoms with Gasteiger partial charge in [0.1, 0.15) is 5.82 Å². The number of rotatable bonds is 3. The van der Waals surface area contributed by atoms with Crippen molar-refractivity contribution in [2.45, 2.75) is 44.6 Å². The van der Waals surface area contributed by atoms with Gasteiger partial charge in [-0.2, -0.15) is 0 Å². The first-order valence-electron chi connectivity index (χ1n) is 6.39. The number of hydrogen-bond donors (Lipinski definition) is 1. The summed E-state index contributed by atoms with van der Waals surface area (Å²) in [6.45, 7) is 3.12. The predicted octanol–water partition coefficient (Wildman–Crippen LogP) is 4.11. The lowest BCUT2D eigenvalue weighted by Gasteiger charge is -2.30. The first-order chi connectivity index (χ1) is 8.20. The third kappa shape index (κ3) is 3.20. The monoisotopic (exact) mass is 255 g/mol. The van der Waals surface area contributed by atoms with Gasteiger partial charge in [-0.05, 0) is 55.5 Å². The molecule has 2 unspecified atom stereocenters. The summed E-state index contributed by atoms with van der Waals surface area (Å²) in [5.41, 5.74) is 0.981. The number of halogens is 2. The van der Waals surface area contributed by atoms with Gasteiger partial charge in [0, 0.05) is 11.1 Å². The summed E-state index contributed by atoms with van der Waals surface area (Å²) in [6.07, 6.45) is 4.59. The highest BCUT2D eigenvalue weighted by Crippen LogP contribution is 2.36. The van der Waals surface area contributed by atoms with Gasteiger partial charge in [0.15, 0.2) is 0 Å². The maximum absolute atomic E-state index is 13.3. The zero-order chi connectivity index (χ0) is 12.3. The molecule has 2 atom stereocenters. The third-order valence-electron chi connectivity index (χ3n) is 3.56. The van der Waals surface area contributed by atoms with Crippen LogP contribution in [-0.4, -0.2) is 12.6 Å². The van der Waals surface area contributed by atoms with Gasteiger partial charge in [0.2, 0.25) is 0 Å². The summed E-state index contributed by atoms with van der Waals surface area (Å²) in [7, 11) is 0. The lowest BCUT2D eigenvalue weighted by atomic mass is 9.81. The van der Waals surface area contributed by atoms with Crippen molar-refractivity contribution in [2.75, 3.05) is 6.54 Å². The molecule has 1 N–H and O–H groups in total. The van der Waals surface area contributed by atoms with Crippen molar-refractivity contribution in [3.63, 3.8) is 0 Å². The molecule has 0 spiro atoms. The Bertz CT molecular complexity index is 378. The minimum absolute atomic E-state index is 0.185. The van der Waals surface area contributed by atoms with Crippen LogP contribution in [0.1, 0.15) is 44.1 Å². The average molecular weight is 256 g/mol.